The van der Waals surface area contributed by atoms with Gasteiger partial charge >= 0.3 is 0 Å². The Bertz CT molecular complexity index is 2390. The van der Waals surface area contributed by atoms with E-state index in [0.29, 0.717) is 33.0 Å². The predicted molar refractivity (Wildman–Crippen MR) is 179 cm³/mol. The number of phenolic OH excluding ortho intramolecular Hbond substituents is 2. The van der Waals surface area contributed by atoms with Gasteiger partial charge in [0.05, 0.1) is 29.5 Å². The highest BCUT2D eigenvalue weighted by atomic mass is 16.3. The molecule has 7 rings (SSSR count). The first kappa shape index (κ1) is 28.5. The van der Waals surface area contributed by atoms with Gasteiger partial charge in [-0.2, -0.15) is 0 Å². The Morgan fingerprint density at radius 2 is 1.37 bits per heavy atom. The molecule has 0 amide bonds. The van der Waals surface area contributed by atoms with E-state index < -0.39 is 0 Å². The van der Waals surface area contributed by atoms with Crippen molar-refractivity contribution in [1.29, 1.82) is 5.26 Å². The van der Waals surface area contributed by atoms with Crippen molar-refractivity contribution in [2.45, 2.75) is 0 Å². The van der Waals surface area contributed by atoms with Gasteiger partial charge in [0.1, 0.15) is 25.6 Å². The summed E-state index contributed by atoms with van der Waals surface area (Å²) in [7, 11) is 7.71. The molecular weight excluding hydrogens is 572 g/mol. The minimum Gasteiger partial charge on any atom is -0.872 e. The van der Waals surface area contributed by atoms with Crippen LogP contribution in [-0.4, -0.2) is 48.7 Å². The van der Waals surface area contributed by atoms with Crippen molar-refractivity contribution in [1.82, 2.24) is 0 Å². The van der Waals surface area contributed by atoms with Crippen LogP contribution in [0.5, 0.6) is 11.5 Å². The van der Waals surface area contributed by atoms with Crippen molar-refractivity contribution in [2.24, 2.45) is 0 Å². The molecule has 0 heterocycles. The fourth-order valence-corrected chi connectivity index (χ4v) is 7.12. The van der Waals surface area contributed by atoms with Crippen LogP contribution >= 0.6 is 0 Å². The van der Waals surface area contributed by atoms with Gasteiger partial charge in [-0.05, 0) is 51.9 Å². The van der Waals surface area contributed by atoms with Crippen molar-refractivity contribution >= 4 is 44.1 Å². The van der Waals surface area contributed by atoms with Gasteiger partial charge in [0.15, 0.2) is 0 Å². The zero-order chi connectivity index (χ0) is 32.4. The number of hydrogen-bond donors (Lipinski definition) is 2. The van der Waals surface area contributed by atoms with Gasteiger partial charge in [0.2, 0.25) is 5.71 Å². The summed E-state index contributed by atoms with van der Waals surface area (Å²) in [4.78, 5) is 5.58. The van der Waals surface area contributed by atoms with E-state index in [2.05, 4.69) is 4.85 Å². The molecule has 2 aliphatic carbocycles. The molecule has 0 saturated carbocycles. The second-order valence-electron chi connectivity index (χ2n) is 11.8. The van der Waals surface area contributed by atoms with E-state index in [4.69, 9.17) is 6.57 Å². The molecule has 2 aliphatic rings. The summed E-state index contributed by atoms with van der Waals surface area (Å²) >= 11 is 0. The second-order valence-corrected chi connectivity index (χ2v) is 11.8. The van der Waals surface area contributed by atoms with Crippen LogP contribution in [0, 0.1) is 17.9 Å². The number of phenols is 2. The third-order valence-corrected chi connectivity index (χ3v) is 8.80. The first-order chi connectivity index (χ1) is 22.2. The van der Waals surface area contributed by atoms with E-state index in [-0.39, 0.29) is 39.7 Å². The number of allylic oxidation sites excluding steroid dienone is 3. The first-order valence-corrected chi connectivity index (χ1v) is 14.7. The topological polar surface area (TPSA) is 97.9 Å². The molecule has 5 aromatic carbocycles. The molecule has 222 valence electrons. The summed E-state index contributed by atoms with van der Waals surface area (Å²) in [5, 5.41) is 50.6. The highest BCUT2D eigenvalue weighted by Crippen LogP contribution is 2.56. The maximum atomic E-state index is 14.8. The highest BCUT2D eigenvalue weighted by molar-refractivity contribution is 6.26. The van der Waals surface area contributed by atoms with E-state index in [1.165, 1.54) is 0 Å². The average molecular weight is 601 g/mol. The molecule has 2 N–H and O–H groups in total. The Morgan fingerprint density at radius 3 is 2.04 bits per heavy atom. The number of aromatic hydroxyl groups is 2. The number of fused-ring (bicyclic) bond motifs is 4. The van der Waals surface area contributed by atoms with Gasteiger partial charge in [-0.15, -0.1) is 0 Å². The number of benzene rings is 5. The summed E-state index contributed by atoms with van der Waals surface area (Å²) < 4.78 is 1.97. The summed E-state index contributed by atoms with van der Waals surface area (Å²) in [6, 6.07) is 27.8. The SMILES string of the molecule is [C-]#[N+]/C(C#N)=C1C(c2c3ccccc3c(N(C)C)c3cccc(O)c23)=C([O-])C/1=C1\c2ccccc2C(=[N+](C)C)c2cccc(O)c21. The van der Waals surface area contributed by atoms with Gasteiger partial charge in [0, 0.05) is 47.0 Å². The van der Waals surface area contributed by atoms with Crippen LogP contribution in [0.2, 0.25) is 0 Å². The van der Waals surface area contributed by atoms with Crippen LogP contribution in [-0.2, 0) is 0 Å². The van der Waals surface area contributed by atoms with Crippen molar-refractivity contribution in [3.63, 3.8) is 0 Å². The minimum atomic E-state index is -0.369. The normalized spacial score (nSPS) is 16.3. The first-order valence-electron chi connectivity index (χ1n) is 14.7. The van der Waals surface area contributed by atoms with Gasteiger partial charge < -0.3 is 20.2 Å². The van der Waals surface area contributed by atoms with Crippen LogP contribution in [0.15, 0.2) is 108 Å². The summed E-state index contributed by atoms with van der Waals surface area (Å²) in [5.41, 5.74) is 5.82. The Kier molecular flexibility index (Phi) is 6.44. The van der Waals surface area contributed by atoms with E-state index in [9.17, 15) is 20.6 Å². The second kappa shape index (κ2) is 10.4. The lowest BCUT2D eigenvalue weighted by Crippen LogP contribution is -2.28. The highest BCUT2D eigenvalue weighted by Gasteiger charge is 2.39. The lowest BCUT2D eigenvalue weighted by molar-refractivity contribution is -0.463. The van der Waals surface area contributed by atoms with Crippen molar-refractivity contribution in [2.75, 3.05) is 33.1 Å². The summed E-state index contributed by atoms with van der Waals surface area (Å²) in [6.45, 7) is 8.01. The van der Waals surface area contributed by atoms with Gasteiger partial charge in [-0.25, -0.2) is 14.7 Å². The minimum absolute atomic E-state index is 0.0142. The number of anilines is 1. The number of rotatable bonds is 2. The molecule has 0 unspecified atom stereocenters. The molecule has 0 aliphatic heterocycles. The van der Waals surface area contributed by atoms with Crippen molar-refractivity contribution in [3.8, 4) is 17.6 Å². The fraction of sp³-hybridized carbons (Fsp3) is 0.103. The number of nitrogens with zero attached hydrogens (tertiary/aromatic N) is 4. The van der Waals surface area contributed by atoms with Crippen molar-refractivity contribution in [3.05, 3.63) is 147 Å². The molecule has 0 saturated heterocycles. The zero-order valence-corrected chi connectivity index (χ0v) is 25.7. The van der Waals surface area contributed by atoms with E-state index >= 15 is 0 Å². The fourth-order valence-electron chi connectivity index (χ4n) is 7.12. The smallest absolute Gasteiger partial charge is 0.270 e. The van der Waals surface area contributed by atoms with Crippen molar-refractivity contribution < 1.29 is 19.9 Å². The summed E-state index contributed by atoms with van der Waals surface area (Å²) in [6.07, 6.45) is 0. The molecule has 0 aromatic heterocycles. The van der Waals surface area contributed by atoms with Gasteiger partial charge in [0.25, 0.3) is 5.70 Å². The molecule has 0 spiro atoms. The number of nitriles is 1. The Hall–Kier alpha value is -6.31. The maximum Gasteiger partial charge on any atom is 0.270 e. The Balaban J connectivity index is 1.72. The quantitative estimate of drug-likeness (QED) is 0.107. The molecule has 7 nitrogen and oxygen atoms in total. The predicted octanol–water partition coefficient (Wildman–Crippen LogP) is 6.18. The third kappa shape index (κ3) is 3.79. The number of hydrogen-bond acceptors (Lipinski definition) is 5. The van der Waals surface area contributed by atoms with Crippen LogP contribution in [0.1, 0.15) is 27.8 Å². The lowest BCUT2D eigenvalue weighted by Gasteiger charge is -2.40. The average Bonchev–Trinajstić information content (AvgIpc) is 3.04. The Labute approximate surface area is 266 Å². The molecule has 5 aromatic rings. The zero-order valence-electron chi connectivity index (χ0n) is 25.7. The molecular formula is C39H28N4O3. The van der Waals surface area contributed by atoms with Crippen LogP contribution < -0.4 is 10.0 Å². The van der Waals surface area contributed by atoms with Crippen LogP contribution in [0.4, 0.5) is 5.69 Å². The third-order valence-electron chi connectivity index (χ3n) is 8.80. The van der Waals surface area contributed by atoms with Crippen LogP contribution in [0.3, 0.4) is 0 Å². The lowest BCUT2D eigenvalue weighted by atomic mass is 9.69. The molecule has 0 bridgehead atoms. The molecule has 46 heavy (non-hydrogen) atoms. The van der Waals surface area contributed by atoms with Gasteiger partial charge in [-0.3, -0.25) is 0 Å². The standard InChI is InChI=1S/C39H28N4O3/c1-41-27(20-40)34-35(32-21-12-6-8-14-23(21)37(42(2)3)25-16-10-18-28(44)30(25)32)39(46)36(34)33-22-13-7-9-15-24(22)38(43(4)5)26-17-11-19-29(45)31(26)33/h6-19H,2-5H3,(H2-,44,45,46). The van der Waals surface area contributed by atoms with Gasteiger partial charge in [-0.1, -0.05) is 66.4 Å². The maximum absolute atomic E-state index is 14.8. The summed E-state index contributed by atoms with van der Waals surface area (Å²) in [5.74, 6) is -0.398. The molecule has 0 atom stereocenters. The Morgan fingerprint density at radius 1 is 0.761 bits per heavy atom. The molecule has 7 heteroatoms. The van der Waals surface area contributed by atoms with E-state index in [1.807, 2.05) is 104 Å². The monoisotopic (exact) mass is 600 g/mol. The van der Waals surface area contributed by atoms with E-state index in [1.54, 1.807) is 24.3 Å². The largest absolute Gasteiger partial charge is 0.872 e. The molecule has 0 radical (unpaired) electrons. The van der Waals surface area contributed by atoms with Crippen LogP contribution in [0.25, 0.3) is 37.5 Å². The molecule has 0 fully saturated rings. The van der Waals surface area contributed by atoms with E-state index in [0.717, 1.165) is 33.3 Å².